The minimum absolute atomic E-state index is 0.0328. The second-order valence-electron chi connectivity index (χ2n) is 3.70. The van der Waals surface area contributed by atoms with Crippen LogP contribution < -0.4 is 16.0 Å². The zero-order chi connectivity index (χ0) is 13.2. The first-order valence-electron chi connectivity index (χ1n) is 5.84. The molecule has 0 bridgehead atoms. The van der Waals surface area contributed by atoms with Gasteiger partial charge in [-0.1, -0.05) is 6.07 Å². The molecule has 1 aromatic heterocycles. The van der Waals surface area contributed by atoms with Gasteiger partial charge in [0, 0.05) is 12.7 Å². The third-order valence-corrected chi connectivity index (χ3v) is 2.23. The van der Waals surface area contributed by atoms with E-state index >= 15 is 0 Å². The summed E-state index contributed by atoms with van der Waals surface area (Å²) in [6.45, 7) is 1.41. The summed E-state index contributed by atoms with van der Waals surface area (Å²) in [6.07, 6.45) is 2.39. The van der Waals surface area contributed by atoms with Gasteiger partial charge in [0.15, 0.2) is 0 Å². The van der Waals surface area contributed by atoms with Crippen molar-refractivity contribution in [1.29, 1.82) is 0 Å². The standard InChI is InChI=1S/C12H18N4O2/c1-13-6-4-8-15-11(17)9-16-12(18)10-5-2-3-7-14-10/h2-3,5,7,13H,4,6,8-9H2,1H3,(H,15,17)(H,16,18). The van der Waals surface area contributed by atoms with Crippen LogP contribution in [0.15, 0.2) is 24.4 Å². The SMILES string of the molecule is CNCCCNC(=O)CNC(=O)c1ccccn1. The van der Waals surface area contributed by atoms with E-state index in [1.165, 1.54) is 6.20 Å². The minimum atomic E-state index is -0.346. The summed E-state index contributed by atoms with van der Waals surface area (Å²) in [6, 6.07) is 5.05. The van der Waals surface area contributed by atoms with Gasteiger partial charge in [-0.15, -0.1) is 0 Å². The molecule has 3 N–H and O–H groups in total. The molecule has 6 heteroatoms. The lowest BCUT2D eigenvalue weighted by Gasteiger charge is -2.06. The molecule has 0 aromatic carbocycles. The first-order chi connectivity index (χ1) is 8.74. The van der Waals surface area contributed by atoms with Gasteiger partial charge < -0.3 is 16.0 Å². The van der Waals surface area contributed by atoms with Crippen molar-refractivity contribution < 1.29 is 9.59 Å². The molecule has 0 unspecified atom stereocenters. The molecule has 6 nitrogen and oxygen atoms in total. The Morgan fingerprint density at radius 3 is 2.72 bits per heavy atom. The summed E-state index contributed by atoms with van der Waals surface area (Å²) in [5, 5.41) is 8.20. The molecule has 0 atom stereocenters. The third kappa shape index (κ3) is 5.40. The van der Waals surface area contributed by atoms with E-state index in [1.54, 1.807) is 18.2 Å². The molecule has 0 radical (unpaired) electrons. The van der Waals surface area contributed by atoms with E-state index in [4.69, 9.17) is 0 Å². The van der Waals surface area contributed by atoms with Crippen molar-refractivity contribution in [2.75, 3.05) is 26.7 Å². The van der Waals surface area contributed by atoms with Gasteiger partial charge in [0.2, 0.25) is 5.91 Å². The molecule has 18 heavy (non-hydrogen) atoms. The second kappa shape index (κ2) is 8.19. The number of hydrogen-bond acceptors (Lipinski definition) is 4. The summed E-state index contributed by atoms with van der Waals surface area (Å²) in [4.78, 5) is 26.8. The van der Waals surface area contributed by atoms with Crippen molar-refractivity contribution in [1.82, 2.24) is 20.9 Å². The second-order valence-corrected chi connectivity index (χ2v) is 3.70. The Labute approximate surface area is 106 Å². The number of rotatable bonds is 7. The predicted octanol–water partition coefficient (Wildman–Crippen LogP) is -0.463. The lowest BCUT2D eigenvalue weighted by atomic mass is 10.3. The quantitative estimate of drug-likeness (QED) is 0.572. The molecule has 2 amide bonds. The zero-order valence-electron chi connectivity index (χ0n) is 10.4. The maximum absolute atomic E-state index is 11.6. The summed E-state index contributed by atoms with van der Waals surface area (Å²) < 4.78 is 0. The zero-order valence-corrected chi connectivity index (χ0v) is 10.4. The summed E-state index contributed by atoms with van der Waals surface area (Å²) >= 11 is 0. The molecule has 0 fully saturated rings. The normalized spacial score (nSPS) is 9.83. The van der Waals surface area contributed by atoms with Crippen molar-refractivity contribution in [3.05, 3.63) is 30.1 Å². The van der Waals surface area contributed by atoms with Crippen molar-refractivity contribution >= 4 is 11.8 Å². The number of hydrogen-bond donors (Lipinski definition) is 3. The molecule has 0 saturated heterocycles. The van der Waals surface area contributed by atoms with Gasteiger partial charge in [-0.3, -0.25) is 14.6 Å². The average molecular weight is 250 g/mol. The van der Waals surface area contributed by atoms with E-state index < -0.39 is 0 Å². The van der Waals surface area contributed by atoms with Gasteiger partial charge in [0.1, 0.15) is 5.69 Å². The highest BCUT2D eigenvalue weighted by Crippen LogP contribution is 1.91. The Morgan fingerprint density at radius 2 is 2.06 bits per heavy atom. The van der Waals surface area contributed by atoms with Crippen LogP contribution >= 0.6 is 0 Å². The topological polar surface area (TPSA) is 83.1 Å². The third-order valence-electron chi connectivity index (χ3n) is 2.23. The van der Waals surface area contributed by atoms with E-state index in [-0.39, 0.29) is 18.4 Å². The fourth-order valence-electron chi connectivity index (χ4n) is 1.30. The molecular weight excluding hydrogens is 232 g/mol. The van der Waals surface area contributed by atoms with Gasteiger partial charge in [0.25, 0.3) is 5.91 Å². The van der Waals surface area contributed by atoms with Gasteiger partial charge in [-0.25, -0.2) is 0 Å². The summed E-state index contributed by atoms with van der Waals surface area (Å²) in [7, 11) is 1.86. The molecular formula is C12H18N4O2. The van der Waals surface area contributed by atoms with Crippen LogP contribution in [0.2, 0.25) is 0 Å². The van der Waals surface area contributed by atoms with E-state index in [1.807, 2.05) is 7.05 Å². The van der Waals surface area contributed by atoms with E-state index in [0.29, 0.717) is 12.2 Å². The lowest BCUT2D eigenvalue weighted by Crippen LogP contribution is -2.38. The van der Waals surface area contributed by atoms with Gasteiger partial charge in [-0.2, -0.15) is 0 Å². The van der Waals surface area contributed by atoms with E-state index in [2.05, 4.69) is 20.9 Å². The van der Waals surface area contributed by atoms with Gasteiger partial charge in [-0.05, 0) is 32.1 Å². The Balaban J connectivity index is 2.20. The minimum Gasteiger partial charge on any atom is -0.355 e. The van der Waals surface area contributed by atoms with Gasteiger partial charge in [0.05, 0.1) is 6.54 Å². The summed E-state index contributed by atoms with van der Waals surface area (Å²) in [5.41, 5.74) is 0.306. The van der Waals surface area contributed by atoms with Crippen molar-refractivity contribution in [2.45, 2.75) is 6.42 Å². The Hall–Kier alpha value is -1.95. The predicted molar refractivity (Wildman–Crippen MR) is 68.1 cm³/mol. The molecule has 0 aliphatic heterocycles. The number of pyridine rings is 1. The van der Waals surface area contributed by atoms with Crippen LogP contribution in [0.3, 0.4) is 0 Å². The van der Waals surface area contributed by atoms with E-state index in [9.17, 15) is 9.59 Å². The molecule has 0 aliphatic rings. The molecule has 1 aromatic rings. The molecule has 0 spiro atoms. The number of nitrogens with one attached hydrogen (secondary N) is 3. The number of aromatic nitrogens is 1. The van der Waals surface area contributed by atoms with E-state index in [0.717, 1.165) is 13.0 Å². The first kappa shape index (κ1) is 14.1. The lowest BCUT2D eigenvalue weighted by molar-refractivity contribution is -0.120. The van der Waals surface area contributed by atoms with Crippen LogP contribution in [0, 0.1) is 0 Å². The number of carbonyl (C=O) groups is 2. The van der Waals surface area contributed by atoms with Crippen LogP contribution in [0.25, 0.3) is 0 Å². The van der Waals surface area contributed by atoms with Crippen molar-refractivity contribution in [3.8, 4) is 0 Å². The Morgan fingerprint density at radius 1 is 1.22 bits per heavy atom. The highest BCUT2D eigenvalue weighted by atomic mass is 16.2. The maximum Gasteiger partial charge on any atom is 0.270 e. The highest BCUT2D eigenvalue weighted by Gasteiger charge is 2.07. The molecule has 98 valence electrons. The maximum atomic E-state index is 11.6. The van der Waals surface area contributed by atoms with Crippen LogP contribution in [0.1, 0.15) is 16.9 Å². The fourth-order valence-corrected chi connectivity index (χ4v) is 1.30. The molecule has 0 aliphatic carbocycles. The monoisotopic (exact) mass is 250 g/mol. The number of amides is 2. The first-order valence-corrected chi connectivity index (χ1v) is 5.84. The fraction of sp³-hybridized carbons (Fsp3) is 0.417. The molecule has 1 rings (SSSR count). The van der Waals surface area contributed by atoms with Crippen LogP contribution in [-0.2, 0) is 4.79 Å². The van der Waals surface area contributed by atoms with Crippen molar-refractivity contribution in [3.63, 3.8) is 0 Å². The van der Waals surface area contributed by atoms with Crippen molar-refractivity contribution in [2.24, 2.45) is 0 Å². The summed E-state index contributed by atoms with van der Waals surface area (Å²) in [5.74, 6) is -0.545. The highest BCUT2D eigenvalue weighted by molar-refractivity contribution is 5.94. The Kier molecular flexibility index (Phi) is 6.42. The van der Waals surface area contributed by atoms with Crippen LogP contribution in [0.5, 0.6) is 0 Å². The van der Waals surface area contributed by atoms with Gasteiger partial charge >= 0.3 is 0 Å². The van der Waals surface area contributed by atoms with Crippen LogP contribution in [-0.4, -0.2) is 43.5 Å². The number of carbonyl (C=O) groups excluding carboxylic acids is 2. The average Bonchev–Trinajstić information content (AvgIpc) is 2.42. The smallest absolute Gasteiger partial charge is 0.270 e. The number of nitrogens with zero attached hydrogens (tertiary/aromatic N) is 1. The Bertz CT molecular complexity index is 381. The van der Waals surface area contributed by atoms with Crippen LogP contribution in [0.4, 0.5) is 0 Å². The molecule has 0 saturated carbocycles. The molecule has 1 heterocycles. The largest absolute Gasteiger partial charge is 0.355 e.